The molecule has 0 saturated carbocycles. The minimum Gasteiger partial charge on any atom is -0.376 e. The lowest BCUT2D eigenvalue weighted by Crippen LogP contribution is -2.56. The van der Waals surface area contributed by atoms with Gasteiger partial charge in [0.2, 0.25) is 0 Å². The van der Waals surface area contributed by atoms with Crippen molar-refractivity contribution in [3.63, 3.8) is 0 Å². The number of hydrogen-bond donors (Lipinski definition) is 0. The third-order valence-corrected chi connectivity index (χ3v) is 4.86. The van der Waals surface area contributed by atoms with Crippen LogP contribution in [0.25, 0.3) is 0 Å². The van der Waals surface area contributed by atoms with Gasteiger partial charge in [-0.2, -0.15) is 0 Å². The second kappa shape index (κ2) is 8.29. The fourth-order valence-corrected chi connectivity index (χ4v) is 3.52. The summed E-state index contributed by atoms with van der Waals surface area (Å²) in [5, 5.41) is 0. The maximum absolute atomic E-state index is 6.17. The SMILES string of the molecule is CO[C@@H]1[C@@H](OCc2ccccc2)[C@@H]2OC[C@@H](O2)[C@H]1OCc1ccccc1. The lowest BCUT2D eigenvalue weighted by Gasteiger charge is -2.39. The molecule has 0 radical (unpaired) electrons. The predicted octanol–water partition coefficient (Wildman–Crippen LogP) is 2.93. The van der Waals surface area contributed by atoms with Crippen LogP contribution >= 0.6 is 0 Å². The molecule has 4 rings (SSSR count). The Morgan fingerprint density at radius 1 is 0.808 bits per heavy atom. The van der Waals surface area contributed by atoms with E-state index in [-0.39, 0.29) is 24.4 Å². The van der Waals surface area contributed by atoms with Gasteiger partial charge in [-0.1, -0.05) is 60.7 Å². The highest BCUT2D eigenvalue weighted by Gasteiger charge is 2.52. The molecule has 2 saturated heterocycles. The van der Waals surface area contributed by atoms with Gasteiger partial charge in [0, 0.05) is 7.11 Å². The van der Waals surface area contributed by atoms with Gasteiger partial charge in [-0.05, 0) is 11.1 Å². The topological polar surface area (TPSA) is 46.2 Å². The van der Waals surface area contributed by atoms with Crippen LogP contribution < -0.4 is 0 Å². The smallest absolute Gasteiger partial charge is 0.187 e. The Morgan fingerprint density at radius 3 is 1.96 bits per heavy atom. The summed E-state index contributed by atoms with van der Waals surface area (Å²) in [6.45, 7) is 1.47. The van der Waals surface area contributed by atoms with Gasteiger partial charge in [0.15, 0.2) is 6.29 Å². The van der Waals surface area contributed by atoms with Crippen molar-refractivity contribution in [1.82, 2.24) is 0 Å². The molecule has 5 atom stereocenters. The summed E-state index contributed by atoms with van der Waals surface area (Å²) >= 11 is 0. The van der Waals surface area contributed by atoms with E-state index in [1.54, 1.807) is 7.11 Å². The Hall–Kier alpha value is -1.76. The largest absolute Gasteiger partial charge is 0.376 e. The number of ether oxygens (including phenoxy) is 5. The van der Waals surface area contributed by atoms with E-state index < -0.39 is 6.29 Å². The van der Waals surface area contributed by atoms with Crippen molar-refractivity contribution in [1.29, 1.82) is 0 Å². The zero-order valence-electron chi connectivity index (χ0n) is 14.8. The number of hydrogen-bond acceptors (Lipinski definition) is 5. The lowest BCUT2D eigenvalue weighted by atomic mass is 10.00. The highest BCUT2D eigenvalue weighted by molar-refractivity contribution is 5.14. The van der Waals surface area contributed by atoms with E-state index in [4.69, 9.17) is 23.7 Å². The van der Waals surface area contributed by atoms with Crippen molar-refractivity contribution in [2.24, 2.45) is 0 Å². The fourth-order valence-electron chi connectivity index (χ4n) is 3.52. The fraction of sp³-hybridized carbons (Fsp3) is 0.429. The van der Waals surface area contributed by atoms with Crippen LogP contribution in [0.5, 0.6) is 0 Å². The van der Waals surface area contributed by atoms with Crippen LogP contribution in [0.15, 0.2) is 60.7 Å². The molecule has 2 aliphatic heterocycles. The van der Waals surface area contributed by atoms with Crippen molar-refractivity contribution in [2.75, 3.05) is 13.7 Å². The maximum atomic E-state index is 6.17. The molecule has 2 bridgehead atoms. The van der Waals surface area contributed by atoms with Crippen molar-refractivity contribution in [3.8, 4) is 0 Å². The van der Waals surface area contributed by atoms with E-state index in [9.17, 15) is 0 Å². The summed E-state index contributed by atoms with van der Waals surface area (Å²) in [6.07, 6.45) is -1.36. The number of benzene rings is 2. The average molecular weight is 356 g/mol. The van der Waals surface area contributed by atoms with Crippen LogP contribution in [0.3, 0.4) is 0 Å². The first-order valence-corrected chi connectivity index (χ1v) is 8.96. The van der Waals surface area contributed by atoms with Crippen molar-refractivity contribution in [2.45, 2.75) is 43.9 Å². The van der Waals surface area contributed by atoms with E-state index >= 15 is 0 Å². The highest BCUT2D eigenvalue weighted by Crippen LogP contribution is 2.34. The maximum Gasteiger partial charge on any atom is 0.187 e. The molecule has 26 heavy (non-hydrogen) atoms. The van der Waals surface area contributed by atoms with Gasteiger partial charge >= 0.3 is 0 Å². The van der Waals surface area contributed by atoms with Gasteiger partial charge in [-0.15, -0.1) is 0 Å². The number of methoxy groups -OCH3 is 1. The molecule has 2 fully saturated rings. The first-order valence-electron chi connectivity index (χ1n) is 8.96. The minimum atomic E-state index is -0.412. The van der Waals surface area contributed by atoms with Crippen LogP contribution in [-0.4, -0.2) is 44.4 Å². The van der Waals surface area contributed by atoms with Gasteiger partial charge in [-0.3, -0.25) is 0 Å². The summed E-state index contributed by atoms with van der Waals surface area (Å²) < 4.78 is 29.8. The standard InChI is InChI=1S/C21H24O5/c1-22-19-18(23-12-15-8-4-2-5-9-15)17-14-25-21(26-17)20(19)24-13-16-10-6-3-7-11-16/h2-11,17-21H,12-14H2,1H3/t17-,18-,19+,20-,21-/m1/s1. The summed E-state index contributed by atoms with van der Waals surface area (Å²) in [7, 11) is 1.69. The van der Waals surface area contributed by atoms with Gasteiger partial charge in [0.05, 0.1) is 19.8 Å². The molecule has 0 aromatic heterocycles. The van der Waals surface area contributed by atoms with E-state index in [2.05, 4.69) is 0 Å². The van der Waals surface area contributed by atoms with Crippen molar-refractivity contribution >= 4 is 0 Å². The molecule has 0 N–H and O–H groups in total. The zero-order valence-corrected chi connectivity index (χ0v) is 14.8. The second-order valence-electron chi connectivity index (χ2n) is 6.60. The Bertz CT molecular complexity index is 620. The van der Waals surface area contributed by atoms with Crippen LogP contribution in [0.4, 0.5) is 0 Å². The lowest BCUT2D eigenvalue weighted by molar-refractivity contribution is -0.261. The number of fused-ring (bicyclic) bond motifs is 2. The molecule has 5 nitrogen and oxygen atoms in total. The molecule has 2 aromatic rings. The average Bonchev–Trinajstić information content (AvgIpc) is 3.13. The summed E-state index contributed by atoms with van der Waals surface area (Å²) in [5.41, 5.74) is 2.22. The molecule has 5 heteroatoms. The Morgan fingerprint density at radius 2 is 1.38 bits per heavy atom. The summed E-state index contributed by atoms with van der Waals surface area (Å²) in [4.78, 5) is 0. The Balaban J connectivity index is 1.44. The molecule has 0 unspecified atom stereocenters. The summed E-state index contributed by atoms with van der Waals surface area (Å²) in [6, 6.07) is 20.1. The van der Waals surface area contributed by atoms with E-state index in [1.807, 2.05) is 60.7 Å². The molecule has 138 valence electrons. The minimum absolute atomic E-state index is 0.134. The molecule has 2 aliphatic rings. The predicted molar refractivity (Wildman–Crippen MR) is 95.4 cm³/mol. The quantitative estimate of drug-likeness (QED) is 0.763. The molecular formula is C21H24O5. The monoisotopic (exact) mass is 356 g/mol. The van der Waals surface area contributed by atoms with E-state index in [1.165, 1.54) is 0 Å². The van der Waals surface area contributed by atoms with E-state index in [0.717, 1.165) is 11.1 Å². The van der Waals surface area contributed by atoms with Gasteiger partial charge in [-0.25, -0.2) is 0 Å². The Kier molecular flexibility index (Phi) is 5.62. The third kappa shape index (κ3) is 3.82. The van der Waals surface area contributed by atoms with Gasteiger partial charge in [0.25, 0.3) is 0 Å². The second-order valence-corrected chi connectivity index (χ2v) is 6.60. The van der Waals surface area contributed by atoms with Crippen molar-refractivity contribution < 1.29 is 23.7 Å². The normalized spacial score (nSPS) is 30.4. The third-order valence-electron chi connectivity index (χ3n) is 4.86. The molecule has 2 aromatic carbocycles. The van der Waals surface area contributed by atoms with Crippen LogP contribution in [-0.2, 0) is 36.9 Å². The van der Waals surface area contributed by atoms with Gasteiger partial charge < -0.3 is 23.7 Å². The first-order chi connectivity index (χ1) is 12.8. The number of rotatable bonds is 7. The molecule has 0 spiro atoms. The molecule has 2 heterocycles. The van der Waals surface area contributed by atoms with Crippen LogP contribution in [0, 0.1) is 0 Å². The first kappa shape index (κ1) is 17.6. The zero-order chi connectivity index (χ0) is 17.8. The molecule has 0 aliphatic carbocycles. The van der Waals surface area contributed by atoms with Crippen molar-refractivity contribution in [3.05, 3.63) is 71.8 Å². The summed E-state index contributed by atoms with van der Waals surface area (Å²) in [5.74, 6) is 0. The molecule has 0 amide bonds. The van der Waals surface area contributed by atoms with Crippen LogP contribution in [0.1, 0.15) is 11.1 Å². The van der Waals surface area contributed by atoms with Gasteiger partial charge in [0.1, 0.15) is 24.4 Å². The highest BCUT2D eigenvalue weighted by atomic mass is 16.8. The van der Waals surface area contributed by atoms with E-state index in [0.29, 0.717) is 19.8 Å². The van der Waals surface area contributed by atoms with Crippen LogP contribution in [0.2, 0.25) is 0 Å². The Labute approximate surface area is 153 Å². The molecular weight excluding hydrogens is 332 g/mol.